The van der Waals surface area contributed by atoms with Crippen molar-refractivity contribution in [1.29, 1.82) is 0 Å². The van der Waals surface area contributed by atoms with Gasteiger partial charge in [0.15, 0.2) is 11.5 Å². The van der Waals surface area contributed by atoms with E-state index < -0.39 is 0 Å². The van der Waals surface area contributed by atoms with Gasteiger partial charge in [-0.3, -0.25) is 0 Å². The molecule has 2 N–H and O–H groups in total. The van der Waals surface area contributed by atoms with Crippen molar-refractivity contribution in [2.75, 3.05) is 31.9 Å². The first-order chi connectivity index (χ1) is 10.8. The third-order valence-electron chi connectivity index (χ3n) is 3.33. The molecule has 1 aliphatic rings. The van der Waals surface area contributed by atoms with Gasteiger partial charge in [0.2, 0.25) is 13.1 Å². The van der Waals surface area contributed by atoms with Crippen LogP contribution in [0.4, 0.5) is 5.69 Å². The van der Waals surface area contributed by atoms with E-state index in [-0.39, 0.29) is 32.4 Å². The summed E-state index contributed by atoms with van der Waals surface area (Å²) in [7, 11) is 1.99. The third kappa shape index (κ3) is 4.20. The molecule has 1 aliphatic heterocycles. The predicted octanol–water partition coefficient (Wildman–Crippen LogP) is -2.47. The van der Waals surface area contributed by atoms with Crippen molar-refractivity contribution < 1.29 is 36.3 Å². The number of anilines is 1. The normalized spacial score (nSPS) is 11.9. The van der Waals surface area contributed by atoms with Gasteiger partial charge in [0.1, 0.15) is 31.3 Å². The van der Waals surface area contributed by atoms with Gasteiger partial charge in [-0.05, 0) is 0 Å². The lowest BCUT2D eigenvalue weighted by Gasteiger charge is -2.13. The number of fused-ring (bicyclic) bond motifs is 1. The standard InChI is InChI=1S/C15H20N3O4.ClH/c1-17-4-5-18(10-17)3-2-16-12-8-14-15(22-11-21-14)9-13(12)20-7-6-19;/h4-5,8-10,16,19H,2-3,6-7,11H2,1H3;1H/q+1;/p-1. The maximum absolute atomic E-state index is 8.93. The van der Waals surface area contributed by atoms with E-state index in [9.17, 15) is 0 Å². The molecule has 8 heteroatoms. The van der Waals surface area contributed by atoms with Gasteiger partial charge >= 0.3 is 0 Å². The fourth-order valence-corrected chi connectivity index (χ4v) is 2.29. The summed E-state index contributed by atoms with van der Waals surface area (Å²) in [6.45, 7) is 1.99. The quantitative estimate of drug-likeness (QED) is 0.546. The molecular weight excluding hydrogens is 322 g/mol. The van der Waals surface area contributed by atoms with E-state index in [0.717, 1.165) is 18.8 Å². The maximum Gasteiger partial charge on any atom is 0.243 e. The molecule has 0 fully saturated rings. The van der Waals surface area contributed by atoms with Crippen LogP contribution in [0.1, 0.15) is 0 Å². The number of hydrogen-bond donors (Lipinski definition) is 2. The molecule has 0 atom stereocenters. The number of benzene rings is 1. The van der Waals surface area contributed by atoms with Crippen LogP contribution in [0.15, 0.2) is 30.9 Å². The molecular formula is C15H20ClN3O4. The van der Waals surface area contributed by atoms with Crippen molar-refractivity contribution in [3.63, 3.8) is 0 Å². The fourth-order valence-electron chi connectivity index (χ4n) is 2.29. The summed E-state index contributed by atoms with van der Waals surface area (Å²) in [6.07, 6.45) is 6.03. The summed E-state index contributed by atoms with van der Waals surface area (Å²) >= 11 is 0. The Morgan fingerprint density at radius 3 is 2.83 bits per heavy atom. The minimum atomic E-state index is -0.0340. The first kappa shape index (κ1) is 17.2. The average molecular weight is 342 g/mol. The number of aliphatic hydroxyl groups is 1. The van der Waals surface area contributed by atoms with Gasteiger partial charge in [0.05, 0.1) is 25.9 Å². The van der Waals surface area contributed by atoms with Crippen LogP contribution < -0.4 is 36.5 Å². The summed E-state index contributed by atoms with van der Waals surface area (Å²) in [5.41, 5.74) is 0.828. The van der Waals surface area contributed by atoms with Crippen LogP contribution in [0, 0.1) is 0 Å². The Labute approximate surface area is 140 Å². The molecule has 0 saturated carbocycles. The molecule has 1 aromatic heterocycles. The highest BCUT2D eigenvalue weighted by Gasteiger charge is 2.18. The van der Waals surface area contributed by atoms with E-state index in [0.29, 0.717) is 17.2 Å². The number of nitrogens with one attached hydrogen (secondary N) is 1. The number of nitrogens with zero attached hydrogens (tertiary/aromatic N) is 2. The van der Waals surface area contributed by atoms with Crippen LogP contribution in [0.5, 0.6) is 17.2 Å². The van der Waals surface area contributed by atoms with Gasteiger partial charge in [0, 0.05) is 12.1 Å². The highest BCUT2D eigenvalue weighted by Crippen LogP contribution is 2.40. The van der Waals surface area contributed by atoms with E-state index in [1.165, 1.54) is 0 Å². The van der Waals surface area contributed by atoms with Crippen LogP contribution >= 0.6 is 0 Å². The van der Waals surface area contributed by atoms with Crippen molar-refractivity contribution in [3.05, 3.63) is 30.9 Å². The molecule has 2 heterocycles. The van der Waals surface area contributed by atoms with E-state index in [4.69, 9.17) is 19.3 Å². The molecule has 1 aromatic carbocycles. The van der Waals surface area contributed by atoms with Crippen LogP contribution in [-0.4, -0.2) is 36.2 Å². The lowest BCUT2D eigenvalue weighted by atomic mass is 10.2. The monoisotopic (exact) mass is 341 g/mol. The van der Waals surface area contributed by atoms with E-state index in [1.54, 1.807) is 6.07 Å². The second-order valence-electron chi connectivity index (χ2n) is 5.02. The maximum atomic E-state index is 8.93. The van der Waals surface area contributed by atoms with Gasteiger partial charge in [-0.1, -0.05) is 0 Å². The highest BCUT2D eigenvalue weighted by molar-refractivity contribution is 5.65. The summed E-state index contributed by atoms with van der Waals surface area (Å²) in [6, 6.07) is 3.65. The minimum Gasteiger partial charge on any atom is -1.00 e. The van der Waals surface area contributed by atoms with Crippen LogP contribution in [0.3, 0.4) is 0 Å². The second-order valence-corrected chi connectivity index (χ2v) is 5.02. The third-order valence-corrected chi connectivity index (χ3v) is 3.33. The molecule has 126 valence electrons. The van der Waals surface area contributed by atoms with E-state index >= 15 is 0 Å². The number of hydrogen-bond acceptors (Lipinski definition) is 5. The Balaban J connectivity index is 0.00000192. The number of halogens is 1. The summed E-state index contributed by atoms with van der Waals surface area (Å²) in [5.74, 6) is 2.01. The zero-order valence-electron chi connectivity index (χ0n) is 12.9. The Hall–Kier alpha value is -2.12. The topological polar surface area (TPSA) is 68.8 Å². The van der Waals surface area contributed by atoms with Crippen molar-refractivity contribution >= 4 is 5.69 Å². The van der Waals surface area contributed by atoms with Gasteiger partial charge in [-0.2, -0.15) is 0 Å². The lowest BCUT2D eigenvalue weighted by Crippen LogP contribution is -3.00. The van der Waals surface area contributed by atoms with Crippen molar-refractivity contribution in [1.82, 2.24) is 4.57 Å². The molecule has 0 aliphatic carbocycles. The Morgan fingerprint density at radius 1 is 1.35 bits per heavy atom. The summed E-state index contributed by atoms with van der Waals surface area (Å²) in [4.78, 5) is 0. The van der Waals surface area contributed by atoms with Gasteiger partial charge in [-0.25, -0.2) is 9.13 Å². The number of rotatable bonds is 7. The van der Waals surface area contributed by atoms with Gasteiger partial charge in [-0.15, -0.1) is 0 Å². The first-order valence-corrected chi connectivity index (χ1v) is 7.18. The van der Waals surface area contributed by atoms with E-state index in [1.807, 2.05) is 36.4 Å². The average Bonchev–Trinajstić information content (AvgIpc) is 3.13. The number of ether oxygens (including phenoxy) is 3. The van der Waals surface area contributed by atoms with Crippen molar-refractivity contribution in [2.45, 2.75) is 6.54 Å². The smallest absolute Gasteiger partial charge is 0.243 e. The molecule has 2 aromatic rings. The predicted molar refractivity (Wildman–Crippen MR) is 79.2 cm³/mol. The number of aliphatic hydroxyl groups excluding tert-OH is 1. The molecule has 0 bridgehead atoms. The molecule has 0 unspecified atom stereocenters. The van der Waals surface area contributed by atoms with E-state index in [2.05, 4.69) is 9.88 Å². The minimum absolute atomic E-state index is 0. The summed E-state index contributed by atoms with van der Waals surface area (Å²) < 4.78 is 20.4. The molecule has 0 radical (unpaired) electrons. The lowest BCUT2D eigenvalue weighted by molar-refractivity contribution is -0.671. The second kappa shape index (κ2) is 7.94. The molecule has 7 nitrogen and oxygen atoms in total. The molecule has 0 amide bonds. The summed E-state index contributed by atoms with van der Waals surface area (Å²) in [5, 5.41) is 12.3. The Kier molecular flexibility index (Phi) is 5.95. The van der Waals surface area contributed by atoms with Crippen LogP contribution in [-0.2, 0) is 13.6 Å². The first-order valence-electron chi connectivity index (χ1n) is 7.18. The Bertz CT molecular complexity index is 648. The van der Waals surface area contributed by atoms with Crippen molar-refractivity contribution in [3.8, 4) is 17.2 Å². The molecule has 23 heavy (non-hydrogen) atoms. The van der Waals surface area contributed by atoms with Crippen molar-refractivity contribution in [2.24, 2.45) is 7.05 Å². The zero-order valence-corrected chi connectivity index (χ0v) is 13.6. The highest BCUT2D eigenvalue weighted by atomic mass is 35.5. The SMILES string of the molecule is C[n+]1ccn(CCNc2cc3c(cc2OCCO)OCO3)c1.[Cl-]. The van der Waals surface area contributed by atoms with Crippen LogP contribution in [0.2, 0.25) is 0 Å². The number of aryl methyl sites for hydroxylation is 1. The van der Waals surface area contributed by atoms with Crippen LogP contribution in [0.25, 0.3) is 0 Å². The Morgan fingerprint density at radius 2 is 2.13 bits per heavy atom. The fraction of sp³-hybridized carbons (Fsp3) is 0.400. The van der Waals surface area contributed by atoms with Gasteiger partial charge in [0.25, 0.3) is 0 Å². The molecule has 0 saturated heterocycles. The van der Waals surface area contributed by atoms with Gasteiger partial charge < -0.3 is 37.0 Å². The number of imidazole rings is 1. The number of aromatic nitrogens is 2. The zero-order chi connectivity index (χ0) is 15.4. The molecule has 0 spiro atoms. The molecule has 3 rings (SSSR count). The largest absolute Gasteiger partial charge is 1.00 e.